The number of carbonyl (C=O) groups is 1. The van der Waals surface area contributed by atoms with E-state index in [-0.39, 0.29) is 6.03 Å². The van der Waals surface area contributed by atoms with Crippen molar-refractivity contribution in [2.24, 2.45) is 0 Å². The van der Waals surface area contributed by atoms with Gasteiger partial charge in [0.25, 0.3) is 0 Å². The molecule has 2 fully saturated rings. The zero-order valence-corrected chi connectivity index (χ0v) is 11.7. The molecule has 0 bridgehead atoms. The van der Waals surface area contributed by atoms with E-state index in [2.05, 4.69) is 21.8 Å². The maximum atomic E-state index is 11.6. The average molecular weight is 262 g/mol. The first-order valence-electron chi connectivity index (χ1n) is 7.21. The van der Waals surface area contributed by atoms with Gasteiger partial charge in [-0.25, -0.2) is 9.78 Å². The van der Waals surface area contributed by atoms with Crippen LogP contribution in [0.2, 0.25) is 0 Å². The van der Waals surface area contributed by atoms with Crippen LogP contribution in [0.5, 0.6) is 0 Å². The predicted molar refractivity (Wildman–Crippen MR) is 73.2 cm³/mol. The van der Waals surface area contributed by atoms with E-state index in [0.29, 0.717) is 12.0 Å². The Morgan fingerprint density at radius 3 is 2.58 bits per heavy atom. The molecule has 5 heteroatoms. The standard InChI is InChI=1S/C14H22N4O/c1-10-9-16-13(11-3-4-11)18(10)12-5-7-17(8-6-12)14(19)15-2/h9,11-12H,3-8H2,1-2H3,(H,15,19). The van der Waals surface area contributed by atoms with Crippen LogP contribution in [0.1, 0.15) is 49.2 Å². The number of aryl methyl sites for hydroxylation is 1. The Bertz CT molecular complexity index is 470. The average Bonchev–Trinajstić information content (AvgIpc) is 3.21. The fourth-order valence-electron chi connectivity index (χ4n) is 3.07. The lowest BCUT2D eigenvalue weighted by atomic mass is 10.0. The van der Waals surface area contributed by atoms with Gasteiger partial charge in [0.05, 0.1) is 0 Å². The third-order valence-corrected chi connectivity index (χ3v) is 4.28. The minimum Gasteiger partial charge on any atom is -0.341 e. The molecule has 19 heavy (non-hydrogen) atoms. The van der Waals surface area contributed by atoms with E-state index in [1.165, 1.54) is 24.4 Å². The van der Waals surface area contributed by atoms with Crippen LogP contribution in [0, 0.1) is 6.92 Å². The smallest absolute Gasteiger partial charge is 0.317 e. The number of aromatic nitrogens is 2. The number of nitrogens with zero attached hydrogens (tertiary/aromatic N) is 3. The molecule has 1 saturated carbocycles. The summed E-state index contributed by atoms with van der Waals surface area (Å²) >= 11 is 0. The van der Waals surface area contributed by atoms with Crippen molar-refractivity contribution in [1.29, 1.82) is 0 Å². The second kappa shape index (κ2) is 4.87. The molecule has 104 valence electrons. The van der Waals surface area contributed by atoms with E-state index >= 15 is 0 Å². The molecule has 1 N–H and O–H groups in total. The number of carbonyl (C=O) groups excluding carboxylic acids is 1. The summed E-state index contributed by atoms with van der Waals surface area (Å²) in [6.07, 6.45) is 6.63. The Morgan fingerprint density at radius 1 is 1.32 bits per heavy atom. The van der Waals surface area contributed by atoms with Gasteiger partial charge < -0.3 is 14.8 Å². The van der Waals surface area contributed by atoms with Crippen LogP contribution in [0.4, 0.5) is 4.79 Å². The number of nitrogens with one attached hydrogen (secondary N) is 1. The summed E-state index contributed by atoms with van der Waals surface area (Å²) in [5.74, 6) is 1.96. The molecule has 0 atom stereocenters. The van der Waals surface area contributed by atoms with Crippen molar-refractivity contribution >= 4 is 6.03 Å². The first-order chi connectivity index (χ1) is 9.20. The van der Waals surface area contributed by atoms with Crippen LogP contribution in [-0.4, -0.2) is 40.6 Å². The van der Waals surface area contributed by atoms with Gasteiger partial charge in [-0.3, -0.25) is 0 Å². The van der Waals surface area contributed by atoms with Gasteiger partial charge in [0.15, 0.2) is 0 Å². The van der Waals surface area contributed by atoms with E-state index < -0.39 is 0 Å². The zero-order valence-electron chi connectivity index (χ0n) is 11.7. The molecular formula is C14H22N4O. The van der Waals surface area contributed by atoms with Crippen molar-refractivity contribution in [3.63, 3.8) is 0 Å². The van der Waals surface area contributed by atoms with Gasteiger partial charge in [-0.05, 0) is 32.6 Å². The minimum atomic E-state index is 0.0446. The third kappa shape index (κ3) is 2.33. The number of imidazole rings is 1. The Balaban J connectivity index is 1.71. The van der Waals surface area contributed by atoms with Gasteiger partial charge in [-0.1, -0.05) is 0 Å². The maximum absolute atomic E-state index is 11.6. The van der Waals surface area contributed by atoms with Gasteiger partial charge in [0, 0.05) is 44.0 Å². The second-order valence-electron chi connectivity index (χ2n) is 5.68. The van der Waals surface area contributed by atoms with Crippen LogP contribution in [-0.2, 0) is 0 Å². The van der Waals surface area contributed by atoms with Crippen LogP contribution < -0.4 is 5.32 Å². The van der Waals surface area contributed by atoms with E-state index in [9.17, 15) is 4.79 Å². The summed E-state index contributed by atoms with van der Waals surface area (Å²) < 4.78 is 2.43. The Labute approximate surface area is 114 Å². The Kier molecular flexibility index (Phi) is 3.21. The fraction of sp³-hybridized carbons (Fsp3) is 0.714. The molecule has 0 spiro atoms. The van der Waals surface area contributed by atoms with Gasteiger partial charge in [0.2, 0.25) is 0 Å². The van der Waals surface area contributed by atoms with Crippen LogP contribution in [0.25, 0.3) is 0 Å². The van der Waals surface area contributed by atoms with Crippen molar-refractivity contribution in [2.45, 2.75) is 44.6 Å². The fourth-order valence-corrected chi connectivity index (χ4v) is 3.07. The molecule has 0 unspecified atom stereocenters. The van der Waals surface area contributed by atoms with Gasteiger partial charge in [0.1, 0.15) is 5.82 Å². The maximum Gasteiger partial charge on any atom is 0.317 e. The molecule has 2 amide bonds. The van der Waals surface area contributed by atoms with Gasteiger partial charge >= 0.3 is 6.03 Å². The lowest BCUT2D eigenvalue weighted by molar-refractivity contribution is 0.172. The summed E-state index contributed by atoms with van der Waals surface area (Å²) in [5, 5.41) is 2.70. The Morgan fingerprint density at radius 2 is 2.00 bits per heavy atom. The second-order valence-corrected chi connectivity index (χ2v) is 5.68. The van der Waals surface area contributed by atoms with Gasteiger partial charge in [-0.2, -0.15) is 0 Å². The van der Waals surface area contributed by atoms with Crippen molar-refractivity contribution in [3.8, 4) is 0 Å². The first kappa shape index (κ1) is 12.5. The number of piperidine rings is 1. The molecular weight excluding hydrogens is 240 g/mol. The molecule has 2 aliphatic rings. The largest absolute Gasteiger partial charge is 0.341 e. The number of hydrogen-bond donors (Lipinski definition) is 1. The summed E-state index contributed by atoms with van der Waals surface area (Å²) in [4.78, 5) is 18.1. The first-order valence-corrected chi connectivity index (χ1v) is 7.21. The molecule has 1 saturated heterocycles. The normalized spacial score (nSPS) is 20.6. The number of hydrogen-bond acceptors (Lipinski definition) is 2. The summed E-state index contributed by atoms with van der Waals surface area (Å²) in [7, 11) is 1.69. The summed E-state index contributed by atoms with van der Waals surface area (Å²) in [5.41, 5.74) is 1.26. The molecule has 1 aliphatic carbocycles. The summed E-state index contributed by atoms with van der Waals surface area (Å²) in [6, 6.07) is 0.558. The van der Waals surface area contributed by atoms with Crippen molar-refractivity contribution < 1.29 is 4.79 Å². The lowest BCUT2D eigenvalue weighted by Crippen LogP contribution is -2.43. The van der Waals surface area contributed by atoms with E-state index in [1.54, 1.807) is 7.05 Å². The van der Waals surface area contributed by atoms with Crippen LogP contribution in [0.15, 0.2) is 6.20 Å². The number of urea groups is 1. The number of rotatable bonds is 2. The molecule has 2 heterocycles. The molecule has 0 aromatic carbocycles. The molecule has 1 aromatic rings. The van der Waals surface area contributed by atoms with Gasteiger partial charge in [-0.15, -0.1) is 0 Å². The zero-order chi connectivity index (χ0) is 13.4. The van der Waals surface area contributed by atoms with Crippen LogP contribution in [0.3, 0.4) is 0 Å². The molecule has 1 aliphatic heterocycles. The highest BCUT2D eigenvalue weighted by Gasteiger charge is 2.32. The highest BCUT2D eigenvalue weighted by molar-refractivity contribution is 5.73. The lowest BCUT2D eigenvalue weighted by Gasteiger charge is -2.33. The topological polar surface area (TPSA) is 50.2 Å². The highest BCUT2D eigenvalue weighted by atomic mass is 16.2. The van der Waals surface area contributed by atoms with Crippen molar-refractivity contribution in [1.82, 2.24) is 19.8 Å². The van der Waals surface area contributed by atoms with Crippen molar-refractivity contribution in [2.75, 3.05) is 20.1 Å². The number of amides is 2. The quantitative estimate of drug-likeness (QED) is 0.886. The van der Waals surface area contributed by atoms with Crippen molar-refractivity contribution in [3.05, 3.63) is 17.7 Å². The highest BCUT2D eigenvalue weighted by Crippen LogP contribution is 2.41. The molecule has 1 aromatic heterocycles. The minimum absolute atomic E-state index is 0.0446. The SMILES string of the molecule is CNC(=O)N1CCC(n2c(C)cnc2C2CC2)CC1. The van der Waals surface area contributed by atoms with E-state index in [4.69, 9.17) is 0 Å². The Hall–Kier alpha value is -1.52. The third-order valence-electron chi connectivity index (χ3n) is 4.28. The molecule has 3 rings (SSSR count). The van der Waals surface area contributed by atoms with E-state index in [0.717, 1.165) is 25.9 Å². The monoisotopic (exact) mass is 262 g/mol. The summed E-state index contributed by atoms with van der Waals surface area (Å²) in [6.45, 7) is 3.82. The molecule has 0 radical (unpaired) electrons. The predicted octanol–water partition coefficient (Wildman–Crippen LogP) is 2.05. The molecule has 5 nitrogen and oxygen atoms in total. The van der Waals surface area contributed by atoms with E-state index in [1.807, 2.05) is 11.1 Å². The van der Waals surface area contributed by atoms with Crippen LogP contribution >= 0.6 is 0 Å². The number of likely N-dealkylation sites (tertiary alicyclic amines) is 1.